The SMILES string of the molecule is O=C(O)CNC(=O)c1ccc2c(c1)CCCO2. The number of aryl methyl sites for hydroxylation is 1. The number of benzene rings is 1. The summed E-state index contributed by atoms with van der Waals surface area (Å²) in [7, 11) is 0. The van der Waals surface area contributed by atoms with E-state index in [-0.39, 0.29) is 12.5 Å². The first-order chi connectivity index (χ1) is 8.16. The van der Waals surface area contributed by atoms with Crippen LogP contribution in [0.1, 0.15) is 22.3 Å². The van der Waals surface area contributed by atoms with Crippen molar-refractivity contribution in [2.75, 3.05) is 13.2 Å². The van der Waals surface area contributed by atoms with Gasteiger partial charge in [-0.15, -0.1) is 0 Å². The van der Waals surface area contributed by atoms with Gasteiger partial charge in [-0.1, -0.05) is 0 Å². The second-order valence-corrected chi connectivity index (χ2v) is 3.85. The second kappa shape index (κ2) is 4.86. The highest BCUT2D eigenvalue weighted by molar-refractivity contribution is 5.96. The molecule has 0 bridgehead atoms. The van der Waals surface area contributed by atoms with Crippen molar-refractivity contribution >= 4 is 11.9 Å². The molecule has 17 heavy (non-hydrogen) atoms. The topological polar surface area (TPSA) is 75.6 Å². The molecule has 1 aromatic carbocycles. The van der Waals surface area contributed by atoms with Crippen LogP contribution >= 0.6 is 0 Å². The van der Waals surface area contributed by atoms with Crippen molar-refractivity contribution in [2.45, 2.75) is 12.8 Å². The van der Waals surface area contributed by atoms with Crippen LogP contribution in [0, 0.1) is 0 Å². The zero-order chi connectivity index (χ0) is 12.3. The fourth-order valence-electron chi connectivity index (χ4n) is 1.76. The molecular formula is C12H13NO4. The standard InChI is InChI=1S/C12H13NO4/c14-11(15)7-13-12(16)9-3-4-10-8(6-9)2-1-5-17-10/h3-4,6H,1-2,5,7H2,(H,13,16)(H,14,15). The first-order valence-electron chi connectivity index (χ1n) is 5.42. The Balaban J connectivity index is 2.11. The van der Waals surface area contributed by atoms with E-state index in [1.54, 1.807) is 18.2 Å². The minimum absolute atomic E-state index is 0.369. The summed E-state index contributed by atoms with van der Waals surface area (Å²) in [5, 5.41) is 10.8. The van der Waals surface area contributed by atoms with Crippen molar-refractivity contribution in [3.63, 3.8) is 0 Å². The Morgan fingerprint density at radius 1 is 1.41 bits per heavy atom. The number of hydrogen-bond acceptors (Lipinski definition) is 3. The molecule has 0 spiro atoms. The lowest BCUT2D eigenvalue weighted by molar-refractivity contribution is -0.135. The van der Waals surface area contributed by atoms with E-state index in [0.717, 1.165) is 24.2 Å². The molecule has 1 aromatic rings. The quantitative estimate of drug-likeness (QED) is 0.813. The van der Waals surface area contributed by atoms with Crippen LogP contribution in [0.3, 0.4) is 0 Å². The van der Waals surface area contributed by atoms with Gasteiger partial charge in [0.2, 0.25) is 0 Å². The zero-order valence-corrected chi connectivity index (χ0v) is 9.23. The summed E-state index contributed by atoms with van der Waals surface area (Å²) in [5.41, 5.74) is 1.47. The minimum atomic E-state index is -1.06. The zero-order valence-electron chi connectivity index (χ0n) is 9.23. The van der Waals surface area contributed by atoms with Crippen molar-refractivity contribution in [1.29, 1.82) is 0 Å². The van der Waals surface area contributed by atoms with E-state index in [4.69, 9.17) is 9.84 Å². The Morgan fingerprint density at radius 2 is 2.24 bits per heavy atom. The predicted molar refractivity (Wildman–Crippen MR) is 60.2 cm³/mol. The number of carboxylic acid groups (broad SMARTS) is 1. The van der Waals surface area contributed by atoms with Gasteiger partial charge in [-0.05, 0) is 36.6 Å². The molecule has 2 rings (SSSR count). The Morgan fingerprint density at radius 3 is 3.00 bits per heavy atom. The minimum Gasteiger partial charge on any atom is -0.493 e. The summed E-state index contributed by atoms with van der Waals surface area (Å²) < 4.78 is 5.43. The number of nitrogens with one attached hydrogen (secondary N) is 1. The Bertz CT molecular complexity index is 456. The first-order valence-corrected chi connectivity index (χ1v) is 5.42. The normalized spacial score (nSPS) is 13.4. The van der Waals surface area contributed by atoms with Crippen LogP contribution in [0.25, 0.3) is 0 Å². The molecule has 1 aliphatic heterocycles. The molecule has 5 nitrogen and oxygen atoms in total. The van der Waals surface area contributed by atoms with Crippen LogP contribution in [0.15, 0.2) is 18.2 Å². The van der Waals surface area contributed by atoms with Gasteiger partial charge in [0.05, 0.1) is 6.61 Å². The van der Waals surface area contributed by atoms with Crippen LogP contribution in [-0.2, 0) is 11.2 Å². The molecule has 0 atom stereocenters. The van der Waals surface area contributed by atoms with E-state index >= 15 is 0 Å². The molecule has 0 radical (unpaired) electrons. The average Bonchev–Trinajstić information content (AvgIpc) is 2.35. The lowest BCUT2D eigenvalue weighted by Crippen LogP contribution is -2.29. The van der Waals surface area contributed by atoms with Gasteiger partial charge < -0.3 is 15.2 Å². The molecule has 0 aromatic heterocycles. The molecule has 90 valence electrons. The van der Waals surface area contributed by atoms with E-state index in [1.165, 1.54) is 0 Å². The van der Waals surface area contributed by atoms with Crippen LogP contribution in [0.2, 0.25) is 0 Å². The third-order valence-corrected chi connectivity index (χ3v) is 2.57. The maximum Gasteiger partial charge on any atom is 0.322 e. The van der Waals surface area contributed by atoms with Crippen molar-refractivity contribution in [1.82, 2.24) is 5.32 Å². The van der Waals surface area contributed by atoms with Gasteiger partial charge in [0, 0.05) is 5.56 Å². The monoisotopic (exact) mass is 235 g/mol. The highest BCUT2D eigenvalue weighted by Gasteiger charge is 2.13. The molecule has 5 heteroatoms. The largest absolute Gasteiger partial charge is 0.493 e. The van der Waals surface area contributed by atoms with E-state index in [9.17, 15) is 9.59 Å². The van der Waals surface area contributed by atoms with Crippen LogP contribution in [-0.4, -0.2) is 30.1 Å². The highest BCUT2D eigenvalue weighted by atomic mass is 16.5. The molecule has 0 unspecified atom stereocenters. The molecular weight excluding hydrogens is 222 g/mol. The van der Waals surface area contributed by atoms with Crippen molar-refractivity contribution in [3.05, 3.63) is 29.3 Å². The number of amides is 1. The third-order valence-electron chi connectivity index (χ3n) is 2.57. The van der Waals surface area contributed by atoms with Crippen LogP contribution in [0.4, 0.5) is 0 Å². The molecule has 0 fully saturated rings. The molecule has 0 saturated carbocycles. The smallest absolute Gasteiger partial charge is 0.322 e. The van der Waals surface area contributed by atoms with Crippen molar-refractivity contribution in [2.24, 2.45) is 0 Å². The van der Waals surface area contributed by atoms with E-state index in [0.29, 0.717) is 12.2 Å². The molecule has 2 N–H and O–H groups in total. The van der Waals surface area contributed by atoms with E-state index in [1.807, 2.05) is 0 Å². The Hall–Kier alpha value is -2.04. The third kappa shape index (κ3) is 2.75. The van der Waals surface area contributed by atoms with Crippen molar-refractivity contribution < 1.29 is 19.4 Å². The van der Waals surface area contributed by atoms with Gasteiger partial charge in [0.25, 0.3) is 5.91 Å². The van der Waals surface area contributed by atoms with Crippen LogP contribution in [0.5, 0.6) is 5.75 Å². The van der Waals surface area contributed by atoms with Crippen LogP contribution < -0.4 is 10.1 Å². The number of carbonyl (C=O) groups excluding carboxylic acids is 1. The van der Waals surface area contributed by atoms with Gasteiger partial charge in [0.15, 0.2) is 0 Å². The lowest BCUT2D eigenvalue weighted by Gasteiger charge is -2.17. The summed E-state index contributed by atoms with van der Waals surface area (Å²) in [6, 6.07) is 5.15. The summed E-state index contributed by atoms with van der Waals surface area (Å²) in [6.07, 6.45) is 1.82. The van der Waals surface area contributed by atoms with Gasteiger partial charge in [0.1, 0.15) is 12.3 Å². The summed E-state index contributed by atoms with van der Waals surface area (Å²) >= 11 is 0. The Labute approximate surface area is 98.4 Å². The average molecular weight is 235 g/mol. The predicted octanol–water partition coefficient (Wildman–Crippen LogP) is 0.826. The van der Waals surface area contributed by atoms with E-state index in [2.05, 4.69) is 5.32 Å². The van der Waals surface area contributed by atoms with E-state index < -0.39 is 5.97 Å². The number of carbonyl (C=O) groups is 2. The maximum absolute atomic E-state index is 11.6. The lowest BCUT2D eigenvalue weighted by atomic mass is 10.0. The fraction of sp³-hybridized carbons (Fsp3) is 0.333. The molecule has 0 aliphatic carbocycles. The summed E-state index contributed by atoms with van der Waals surface area (Å²) in [5.74, 6) is -0.619. The number of carboxylic acids is 1. The number of rotatable bonds is 3. The second-order valence-electron chi connectivity index (χ2n) is 3.85. The van der Waals surface area contributed by atoms with Gasteiger partial charge >= 0.3 is 5.97 Å². The summed E-state index contributed by atoms with van der Waals surface area (Å²) in [6.45, 7) is 0.337. The first kappa shape index (κ1) is 11.4. The number of fused-ring (bicyclic) bond motifs is 1. The van der Waals surface area contributed by atoms with Gasteiger partial charge in [-0.2, -0.15) is 0 Å². The molecule has 1 aliphatic rings. The van der Waals surface area contributed by atoms with Crippen molar-refractivity contribution in [3.8, 4) is 5.75 Å². The van der Waals surface area contributed by atoms with Gasteiger partial charge in [-0.25, -0.2) is 0 Å². The highest BCUT2D eigenvalue weighted by Crippen LogP contribution is 2.25. The number of ether oxygens (including phenoxy) is 1. The fourth-order valence-corrected chi connectivity index (χ4v) is 1.76. The maximum atomic E-state index is 11.6. The number of aliphatic carboxylic acids is 1. The molecule has 0 saturated heterocycles. The Kier molecular flexibility index (Phi) is 3.27. The molecule has 1 amide bonds. The molecule has 1 heterocycles. The summed E-state index contributed by atoms with van der Waals surface area (Å²) in [4.78, 5) is 22.0. The number of hydrogen-bond donors (Lipinski definition) is 2. The van der Waals surface area contributed by atoms with Gasteiger partial charge in [-0.3, -0.25) is 9.59 Å².